The normalized spacial score (nSPS) is 46.7. The minimum atomic E-state index is -0.00420. The highest BCUT2D eigenvalue weighted by Crippen LogP contribution is 2.64. The average Bonchev–Trinajstić information content (AvgIpc) is 3.13. The zero-order chi connectivity index (χ0) is 20.8. The van der Waals surface area contributed by atoms with Gasteiger partial charge in [-0.25, -0.2) is 0 Å². The lowest BCUT2D eigenvalue weighted by Gasteiger charge is -2.59. The summed E-state index contributed by atoms with van der Waals surface area (Å²) in [5, 5.41) is 10.2. The molecule has 4 aliphatic carbocycles. The third-order valence-corrected chi connectivity index (χ3v) is 11.2. The van der Waals surface area contributed by atoms with Crippen molar-refractivity contribution in [2.75, 3.05) is 0 Å². The van der Waals surface area contributed by atoms with Crippen LogP contribution in [0.4, 0.5) is 0 Å². The average molecular weight is 403 g/mol. The van der Waals surface area contributed by atoms with E-state index in [2.05, 4.69) is 34.6 Å². The molecule has 1 heteroatoms. The van der Waals surface area contributed by atoms with E-state index in [0.29, 0.717) is 5.41 Å². The standard InChI is InChI=1S/C28H50O/c1-6-20(18(2)3)8-7-19(4)23-11-12-25-24(23)13-14-27-26(25)10-9-21-17-22(29)15-16-28(21,27)5/h18-27,29H,6-17H2,1-5H3. The summed E-state index contributed by atoms with van der Waals surface area (Å²) in [7, 11) is 0. The second-order valence-corrected chi connectivity index (χ2v) is 12.6. The van der Waals surface area contributed by atoms with Crippen molar-refractivity contribution in [1.82, 2.24) is 0 Å². The molecule has 0 spiro atoms. The maximum Gasteiger partial charge on any atom is 0.0543 e. The summed E-state index contributed by atoms with van der Waals surface area (Å²) in [4.78, 5) is 0. The second kappa shape index (κ2) is 8.84. The van der Waals surface area contributed by atoms with Gasteiger partial charge in [-0.05, 0) is 123 Å². The minimum Gasteiger partial charge on any atom is -0.393 e. The van der Waals surface area contributed by atoms with E-state index in [9.17, 15) is 5.11 Å². The lowest BCUT2D eigenvalue weighted by molar-refractivity contribution is -0.109. The summed E-state index contributed by atoms with van der Waals surface area (Å²) >= 11 is 0. The van der Waals surface area contributed by atoms with Crippen molar-refractivity contribution in [2.24, 2.45) is 58.7 Å². The van der Waals surface area contributed by atoms with Gasteiger partial charge in [-0.1, -0.05) is 47.5 Å². The molecular formula is C28H50O. The lowest BCUT2D eigenvalue weighted by atomic mass is 9.46. The van der Waals surface area contributed by atoms with E-state index in [0.717, 1.165) is 66.1 Å². The van der Waals surface area contributed by atoms with Crippen molar-refractivity contribution in [3.8, 4) is 0 Å². The van der Waals surface area contributed by atoms with Gasteiger partial charge >= 0.3 is 0 Å². The Bertz CT molecular complexity index is 540. The summed E-state index contributed by atoms with van der Waals surface area (Å²) in [6.45, 7) is 12.5. The third kappa shape index (κ3) is 4.08. The maximum atomic E-state index is 10.2. The van der Waals surface area contributed by atoms with E-state index in [1.165, 1.54) is 64.2 Å². The van der Waals surface area contributed by atoms with E-state index in [1.807, 2.05) is 0 Å². The van der Waals surface area contributed by atoms with E-state index in [1.54, 1.807) is 0 Å². The molecule has 1 nitrogen and oxygen atoms in total. The Morgan fingerprint density at radius 2 is 1.59 bits per heavy atom. The number of hydrogen-bond acceptors (Lipinski definition) is 1. The topological polar surface area (TPSA) is 20.2 Å². The van der Waals surface area contributed by atoms with Crippen molar-refractivity contribution in [1.29, 1.82) is 0 Å². The fraction of sp³-hybridized carbons (Fsp3) is 1.00. The van der Waals surface area contributed by atoms with Crippen molar-refractivity contribution >= 4 is 0 Å². The molecule has 4 rings (SSSR count). The predicted octanol–water partition coefficient (Wildman–Crippen LogP) is 7.71. The highest BCUT2D eigenvalue weighted by Gasteiger charge is 2.56. The van der Waals surface area contributed by atoms with Gasteiger partial charge in [-0.2, -0.15) is 0 Å². The van der Waals surface area contributed by atoms with Gasteiger partial charge in [0.1, 0.15) is 0 Å². The molecule has 0 aromatic rings. The molecule has 0 amide bonds. The predicted molar refractivity (Wildman–Crippen MR) is 124 cm³/mol. The van der Waals surface area contributed by atoms with Gasteiger partial charge in [0, 0.05) is 0 Å². The van der Waals surface area contributed by atoms with Crippen molar-refractivity contribution in [3.05, 3.63) is 0 Å². The lowest BCUT2D eigenvalue weighted by Crippen LogP contribution is -2.52. The van der Waals surface area contributed by atoms with Crippen LogP contribution in [0.2, 0.25) is 0 Å². The van der Waals surface area contributed by atoms with Crippen molar-refractivity contribution in [2.45, 2.75) is 118 Å². The third-order valence-electron chi connectivity index (χ3n) is 11.2. The fourth-order valence-electron chi connectivity index (χ4n) is 9.34. The number of hydrogen-bond donors (Lipinski definition) is 1. The summed E-state index contributed by atoms with van der Waals surface area (Å²) < 4.78 is 0. The number of aliphatic hydroxyl groups is 1. The first-order valence-corrected chi connectivity index (χ1v) is 13.5. The Kier molecular flexibility index (Phi) is 6.75. The Labute approximate surface area is 181 Å². The van der Waals surface area contributed by atoms with E-state index < -0.39 is 0 Å². The molecule has 0 heterocycles. The van der Waals surface area contributed by atoms with Gasteiger partial charge in [0.05, 0.1) is 6.10 Å². The summed E-state index contributed by atoms with van der Waals surface area (Å²) in [6.07, 6.45) is 16.7. The summed E-state index contributed by atoms with van der Waals surface area (Å²) in [6, 6.07) is 0. The van der Waals surface area contributed by atoms with Crippen molar-refractivity contribution in [3.63, 3.8) is 0 Å². The molecule has 0 saturated heterocycles. The molecule has 4 fully saturated rings. The molecule has 0 bridgehead atoms. The molecule has 10 atom stereocenters. The van der Waals surface area contributed by atoms with Crippen molar-refractivity contribution < 1.29 is 5.11 Å². The number of aliphatic hydroxyl groups excluding tert-OH is 1. The molecule has 0 radical (unpaired) electrons. The van der Waals surface area contributed by atoms with Crippen LogP contribution in [-0.2, 0) is 0 Å². The van der Waals surface area contributed by atoms with E-state index in [4.69, 9.17) is 0 Å². The molecule has 29 heavy (non-hydrogen) atoms. The summed E-state index contributed by atoms with van der Waals surface area (Å²) in [5.41, 5.74) is 0.544. The number of rotatable bonds is 6. The molecule has 4 aliphatic rings. The van der Waals surface area contributed by atoms with Gasteiger partial charge < -0.3 is 5.11 Å². The van der Waals surface area contributed by atoms with E-state index >= 15 is 0 Å². The SMILES string of the molecule is CCC(CCC(C)C1CCC2C1CCC1C2CCC2CC(O)CCC21C)C(C)C. The first kappa shape index (κ1) is 22.2. The van der Waals surface area contributed by atoms with Gasteiger partial charge in [-0.3, -0.25) is 0 Å². The first-order valence-electron chi connectivity index (χ1n) is 13.5. The van der Waals surface area contributed by atoms with Crippen LogP contribution >= 0.6 is 0 Å². The highest BCUT2D eigenvalue weighted by atomic mass is 16.3. The zero-order valence-electron chi connectivity index (χ0n) is 20.2. The van der Waals surface area contributed by atoms with Crippen LogP contribution in [0, 0.1) is 58.7 Å². The molecular weight excluding hydrogens is 352 g/mol. The molecule has 0 aliphatic heterocycles. The van der Waals surface area contributed by atoms with Gasteiger partial charge in [-0.15, -0.1) is 0 Å². The van der Waals surface area contributed by atoms with Gasteiger partial charge in [0.15, 0.2) is 0 Å². The second-order valence-electron chi connectivity index (χ2n) is 12.6. The molecule has 0 aromatic heterocycles. The Hall–Kier alpha value is -0.0400. The van der Waals surface area contributed by atoms with Gasteiger partial charge in [0.2, 0.25) is 0 Å². The smallest absolute Gasteiger partial charge is 0.0543 e. The van der Waals surface area contributed by atoms with Gasteiger partial charge in [0.25, 0.3) is 0 Å². The van der Waals surface area contributed by atoms with Crippen LogP contribution in [-0.4, -0.2) is 11.2 Å². The Morgan fingerprint density at radius 1 is 0.862 bits per heavy atom. The first-order chi connectivity index (χ1) is 13.8. The highest BCUT2D eigenvalue weighted by molar-refractivity contribution is 5.06. The molecule has 1 N–H and O–H groups in total. The molecule has 10 unspecified atom stereocenters. The monoisotopic (exact) mass is 402 g/mol. The molecule has 0 aromatic carbocycles. The van der Waals surface area contributed by atoms with Crippen LogP contribution in [0.15, 0.2) is 0 Å². The summed E-state index contributed by atoms with van der Waals surface area (Å²) in [5.74, 6) is 8.61. The Balaban J connectivity index is 1.39. The van der Waals surface area contributed by atoms with Crippen LogP contribution in [0.5, 0.6) is 0 Å². The van der Waals surface area contributed by atoms with Crippen LogP contribution in [0.3, 0.4) is 0 Å². The fourth-order valence-corrected chi connectivity index (χ4v) is 9.34. The molecule has 168 valence electrons. The van der Waals surface area contributed by atoms with Crippen LogP contribution in [0.1, 0.15) is 112 Å². The van der Waals surface area contributed by atoms with Crippen LogP contribution < -0.4 is 0 Å². The molecule has 4 saturated carbocycles. The quantitative estimate of drug-likeness (QED) is 0.482. The van der Waals surface area contributed by atoms with E-state index in [-0.39, 0.29) is 6.10 Å². The largest absolute Gasteiger partial charge is 0.393 e. The Morgan fingerprint density at radius 3 is 2.31 bits per heavy atom. The number of fused-ring (bicyclic) bond motifs is 5. The minimum absolute atomic E-state index is 0.00420. The maximum absolute atomic E-state index is 10.2. The zero-order valence-corrected chi connectivity index (χ0v) is 20.2. The van der Waals surface area contributed by atoms with Crippen LogP contribution in [0.25, 0.3) is 0 Å².